The molecule has 1 aromatic rings. The van der Waals surface area contributed by atoms with E-state index in [-0.39, 0.29) is 5.54 Å². The van der Waals surface area contributed by atoms with Gasteiger partial charge in [-0.25, -0.2) is 0 Å². The third-order valence-corrected chi connectivity index (χ3v) is 3.82. The second-order valence-electron chi connectivity index (χ2n) is 5.84. The minimum absolute atomic E-state index is 0.0979. The Hall–Kier alpha value is -1.46. The predicted molar refractivity (Wildman–Crippen MR) is 85.6 cm³/mol. The van der Waals surface area contributed by atoms with Crippen LogP contribution in [-0.2, 0) is 6.54 Å². The van der Waals surface area contributed by atoms with Crippen molar-refractivity contribution in [2.45, 2.75) is 25.9 Å². The molecular weight excluding hydrogens is 268 g/mol. The molecule has 1 aromatic carbocycles. The molecule has 5 nitrogen and oxygen atoms in total. The average Bonchev–Trinajstić information content (AvgIpc) is 2.45. The summed E-state index contributed by atoms with van der Waals surface area (Å²) in [5.74, 6) is 1.98. The lowest BCUT2D eigenvalue weighted by molar-refractivity contribution is 0.189. The molecule has 1 N–H and O–H groups in total. The first-order valence-corrected chi connectivity index (χ1v) is 7.02. The quantitative estimate of drug-likeness (QED) is 0.796. The molecule has 0 aromatic heterocycles. The van der Waals surface area contributed by atoms with Gasteiger partial charge in [-0.05, 0) is 45.6 Å². The van der Waals surface area contributed by atoms with Gasteiger partial charge in [0.1, 0.15) is 0 Å². The van der Waals surface area contributed by atoms with Crippen LogP contribution >= 0.6 is 0 Å². The average molecular weight is 296 g/mol. The van der Waals surface area contributed by atoms with Crippen LogP contribution in [0.15, 0.2) is 12.1 Å². The molecular formula is C16H28N2O3. The van der Waals surface area contributed by atoms with E-state index < -0.39 is 0 Å². The highest BCUT2D eigenvalue weighted by molar-refractivity contribution is 5.53. The lowest BCUT2D eigenvalue weighted by atomic mass is 10.0. The summed E-state index contributed by atoms with van der Waals surface area (Å²) >= 11 is 0. The molecule has 0 atom stereocenters. The smallest absolute Gasteiger partial charge is 0.203 e. The van der Waals surface area contributed by atoms with Crippen LogP contribution in [0.1, 0.15) is 19.4 Å². The molecule has 1 rings (SSSR count). The molecule has 0 radical (unpaired) electrons. The lowest BCUT2D eigenvalue weighted by Crippen LogP contribution is -2.46. The van der Waals surface area contributed by atoms with Gasteiger partial charge in [0.2, 0.25) is 5.75 Å². The number of ether oxygens (including phenoxy) is 3. The Morgan fingerprint density at radius 1 is 1.00 bits per heavy atom. The van der Waals surface area contributed by atoms with Gasteiger partial charge < -0.3 is 24.4 Å². The number of benzene rings is 1. The fraction of sp³-hybridized carbons (Fsp3) is 0.625. The summed E-state index contributed by atoms with van der Waals surface area (Å²) < 4.78 is 16.1. The third-order valence-electron chi connectivity index (χ3n) is 3.82. The Kier molecular flexibility index (Phi) is 6.30. The van der Waals surface area contributed by atoms with Crippen LogP contribution in [0.25, 0.3) is 0 Å². The Balaban J connectivity index is 2.81. The molecule has 0 aliphatic heterocycles. The minimum atomic E-state index is 0.0979. The van der Waals surface area contributed by atoms with Gasteiger partial charge in [0.15, 0.2) is 11.5 Å². The lowest BCUT2D eigenvalue weighted by Gasteiger charge is -2.32. The first-order chi connectivity index (χ1) is 9.85. The van der Waals surface area contributed by atoms with Crippen LogP contribution < -0.4 is 19.5 Å². The first-order valence-electron chi connectivity index (χ1n) is 7.02. The maximum Gasteiger partial charge on any atom is 0.203 e. The minimum Gasteiger partial charge on any atom is -0.493 e. The van der Waals surface area contributed by atoms with Crippen molar-refractivity contribution in [3.63, 3.8) is 0 Å². The number of methoxy groups -OCH3 is 3. The molecule has 0 aliphatic carbocycles. The number of nitrogens with zero attached hydrogens (tertiary/aromatic N) is 1. The fourth-order valence-electron chi connectivity index (χ4n) is 1.91. The summed E-state index contributed by atoms with van der Waals surface area (Å²) in [6, 6.07) is 3.94. The molecule has 120 valence electrons. The van der Waals surface area contributed by atoms with E-state index in [1.54, 1.807) is 21.3 Å². The van der Waals surface area contributed by atoms with Gasteiger partial charge in [0.25, 0.3) is 0 Å². The standard InChI is InChI=1S/C16H28N2O3/c1-16(2,18(3)4)11-17-10-12-8-13(19-5)15(21-7)14(9-12)20-6/h8-9,17H,10-11H2,1-7H3. The van der Waals surface area contributed by atoms with Crippen molar-refractivity contribution in [3.8, 4) is 17.2 Å². The number of rotatable bonds is 8. The maximum absolute atomic E-state index is 5.36. The summed E-state index contributed by atoms with van der Waals surface area (Å²) in [6.07, 6.45) is 0. The zero-order valence-corrected chi connectivity index (χ0v) is 14.2. The molecule has 0 amide bonds. The largest absolute Gasteiger partial charge is 0.493 e. The summed E-state index contributed by atoms with van der Waals surface area (Å²) in [7, 11) is 9.04. The topological polar surface area (TPSA) is 43.0 Å². The molecule has 21 heavy (non-hydrogen) atoms. The zero-order valence-electron chi connectivity index (χ0n) is 14.2. The molecule has 0 aliphatic rings. The maximum atomic E-state index is 5.36. The normalized spacial score (nSPS) is 11.6. The van der Waals surface area contributed by atoms with Gasteiger partial charge >= 0.3 is 0 Å². The monoisotopic (exact) mass is 296 g/mol. The highest BCUT2D eigenvalue weighted by Gasteiger charge is 2.20. The highest BCUT2D eigenvalue weighted by Crippen LogP contribution is 2.38. The van der Waals surface area contributed by atoms with E-state index in [4.69, 9.17) is 14.2 Å². The third kappa shape index (κ3) is 4.51. The van der Waals surface area contributed by atoms with Crippen LogP contribution in [0.4, 0.5) is 0 Å². The summed E-state index contributed by atoms with van der Waals surface area (Å²) in [4.78, 5) is 2.20. The van der Waals surface area contributed by atoms with E-state index in [2.05, 4.69) is 38.2 Å². The van der Waals surface area contributed by atoms with Gasteiger partial charge in [-0.15, -0.1) is 0 Å². The van der Waals surface area contributed by atoms with E-state index in [0.29, 0.717) is 17.2 Å². The SMILES string of the molecule is COc1cc(CNCC(C)(C)N(C)C)cc(OC)c1OC. The van der Waals surface area contributed by atoms with Crippen molar-refractivity contribution in [3.05, 3.63) is 17.7 Å². The van der Waals surface area contributed by atoms with E-state index >= 15 is 0 Å². The number of likely N-dealkylation sites (N-methyl/N-ethyl adjacent to an activating group) is 1. The van der Waals surface area contributed by atoms with E-state index in [1.165, 1.54) is 0 Å². The molecule has 0 heterocycles. The number of nitrogens with one attached hydrogen (secondary N) is 1. The molecule has 0 saturated carbocycles. The number of hydrogen-bond acceptors (Lipinski definition) is 5. The van der Waals surface area contributed by atoms with Gasteiger partial charge in [0, 0.05) is 18.6 Å². The predicted octanol–water partition coefficient (Wildman–Crippen LogP) is 2.14. The molecule has 0 fully saturated rings. The van der Waals surface area contributed by atoms with E-state index in [0.717, 1.165) is 18.7 Å². The number of hydrogen-bond donors (Lipinski definition) is 1. The Morgan fingerprint density at radius 2 is 1.52 bits per heavy atom. The van der Waals surface area contributed by atoms with Gasteiger partial charge in [0.05, 0.1) is 21.3 Å². The second-order valence-corrected chi connectivity index (χ2v) is 5.84. The van der Waals surface area contributed by atoms with Gasteiger partial charge in [-0.3, -0.25) is 0 Å². The van der Waals surface area contributed by atoms with Crippen molar-refractivity contribution in [2.75, 3.05) is 42.0 Å². The van der Waals surface area contributed by atoms with Gasteiger partial charge in [-0.2, -0.15) is 0 Å². The Morgan fingerprint density at radius 3 is 1.90 bits per heavy atom. The first kappa shape index (κ1) is 17.6. The molecule has 0 spiro atoms. The molecule has 0 bridgehead atoms. The van der Waals surface area contributed by atoms with Crippen molar-refractivity contribution in [2.24, 2.45) is 0 Å². The summed E-state index contributed by atoms with van der Waals surface area (Å²) in [5, 5.41) is 3.47. The summed E-state index contributed by atoms with van der Waals surface area (Å²) in [5.41, 5.74) is 1.19. The Bertz CT molecular complexity index is 434. The van der Waals surface area contributed by atoms with Crippen molar-refractivity contribution < 1.29 is 14.2 Å². The van der Waals surface area contributed by atoms with Gasteiger partial charge in [-0.1, -0.05) is 0 Å². The van der Waals surface area contributed by atoms with Crippen LogP contribution in [-0.4, -0.2) is 52.4 Å². The molecule has 0 saturated heterocycles. The highest BCUT2D eigenvalue weighted by atomic mass is 16.5. The van der Waals surface area contributed by atoms with Crippen molar-refractivity contribution in [1.82, 2.24) is 10.2 Å². The summed E-state index contributed by atoms with van der Waals surface area (Å²) in [6.45, 7) is 6.04. The molecule has 5 heteroatoms. The zero-order chi connectivity index (χ0) is 16.0. The van der Waals surface area contributed by atoms with E-state index in [9.17, 15) is 0 Å². The molecule has 0 unspecified atom stereocenters. The van der Waals surface area contributed by atoms with Crippen LogP contribution in [0, 0.1) is 0 Å². The fourth-order valence-corrected chi connectivity index (χ4v) is 1.91. The van der Waals surface area contributed by atoms with E-state index in [1.807, 2.05) is 12.1 Å². The van der Waals surface area contributed by atoms with Crippen molar-refractivity contribution >= 4 is 0 Å². The Labute approximate surface area is 128 Å². The van der Waals surface area contributed by atoms with Crippen molar-refractivity contribution in [1.29, 1.82) is 0 Å². The second kappa shape index (κ2) is 7.52. The van der Waals surface area contributed by atoms with Crippen LogP contribution in [0.3, 0.4) is 0 Å². The van der Waals surface area contributed by atoms with Crippen LogP contribution in [0.5, 0.6) is 17.2 Å². The van der Waals surface area contributed by atoms with Crippen LogP contribution in [0.2, 0.25) is 0 Å².